The van der Waals surface area contributed by atoms with E-state index in [9.17, 15) is 0 Å². The van der Waals surface area contributed by atoms with Gasteiger partial charge in [-0.25, -0.2) is 9.97 Å². The lowest BCUT2D eigenvalue weighted by molar-refractivity contribution is 0.545. The van der Waals surface area contributed by atoms with Crippen LogP contribution in [0.5, 0.6) is 0 Å². The fourth-order valence-corrected chi connectivity index (χ4v) is 2.18. The molecule has 0 aliphatic carbocycles. The first-order chi connectivity index (χ1) is 8.38. The fourth-order valence-electron chi connectivity index (χ4n) is 1.42. The lowest BCUT2D eigenvalue weighted by atomic mass is 9.95. The van der Waals surface area contributed by atoms with Gasteiger partial charge in [0.1, 0.15) is 16.8 Å². The predicted octanol–water partition coefficient (Wildman–Crippen LogP) is 4.54. The highest BCUT2D eigenvalue weighted by molar-refractivity contribution is 7.08. The molecule has 0 radical (unpaired) electrons. The maximum absolute atomic E-state index is 6.18. The molecule has 0 amide bonds. The molecule has 0 aliphatic rings. The molecular weight excluding hydrogens is 266 g/mol. The molecule has 1 N–H and O–H groups in total. The van der Waals surface area contributed by atoms with E-state index in [-0.39, 0.29) is 5.41 Å². The Morgan fingerprint density at radius 1 is 1.28 bits per heavy atom. The van der Waals surface area contributed by atoms with Crippen molar-refractivity contribution >= 4 is 34.4 Å². The van der Waals surface area contributed by atoms with Gasteiger partial charge in [-0.15, -0.1) is 0 Å². The van der Waals surface area contributed by atoms with Crippen LogP contribution in [0.2, 0.25) is 5.15 Å². The van der Waals surface area contributed by atoms with E-state index in [0.29, 0.717) is 5.15 Å². The van der Waals surface area contributed by atoms with Crippen molar-refractivity contribution in [3.63, 3.8) is 0 Å². The zero-order valence-electron chi connectivity index (χ0n) is 10.9. The highest BCUT2D eigenvalue weighted by Gasteiger charge is 2.20. The number of hydrogen-bond acceptors (Lipinski definition) is 4. The van der Waals surface area contributed by atoms with E-state index in [1.54, 1.807) is 11.3 Å². The molecule has 0 saturated heterocycles. The summed E-state index contributed by atoms with van der Waals surface area (Å²) in [5.74, 6) is 1.52. The normalized spacial score (nSPS) is 11.6. The van der Waals surface area contributed by atoms with Crippen molar-refractivity contribution in [3.8, 4) is 0 Å². The van der Waals surface area contributed by atoms with Crippen LogP contribution >= 0.6 is 22.9 Å². The minimum atomic E-state index is -0.123. The van der Waals surface area contributed by atoms with Gasteiger partial charge >= 0.3 is 0 Å². The summed E-state index contributed by atoms with van der Waals surface area (Å²) in [5.41, 5.74) is 1.77. The second kappa shape index (κ2) is 4.86. The van der Waals surface area contributed by atoms with Crippen molar-refractivity contribution in [1.29, 1.82) is 0 Å². The molecule has 2 aromatic rings. The minimum absolute atomic E-state index is 0.123. The summed E-state index contributed by atoms with van der Waals surface area (Å²) in [6.07, 6.45) is 0. The first-order valence-electron chi connectivity index (χ1n) is 5.72. The summed E-state index contributed by atoms with van der Waals surface area (Å²) in [7, 11) is 0. The third kappa shape index (κ3) is 2.82. The van der Waals surface area contributed by atoms with E-state index in [4.69, 9.17) is 11.6 Å². The van der Waals surface area contributed by atoms with Crippen molar-refractivity contribution in [1.82, 2.24) is 9.97 Å². The largest absolute Gasteiger partial charge is 0.339 e. The highest BCUT2D eigenvalue weighted by Crippen LogP contribution is 2.28. The van der Waals surface area contributed by atoms with Crippen LogP contribution in [0.3, 0.4) is 0 Å². The summed E-state index contributed by atoms with van der Waals surface area (Å²) in [4.78, 5) is 8.93. The van der Waals surface area contributed by atoms with Crippen molar-refractivity contribution in [3.05, 3.63) is 33.4 Å². The molecule has 2 heterocycles. The molecule has 0 fully saturated rings. The van der Waals surface area contributed by atoms with Crippen LogP contribution in [0.25, 0.3) is 0 Å². The van der Waals surface area contributed by atoms with Crippen LogP contribution in [0.15, 0.2) is 16.8 Å². The van der Waals surface area contributed by atoms with E-state index in [1.165, 1.54) is 0 Å². The fraction of sp³-hybridized carbons (Fsp3) is 0.385. The van der Waals surface area contributed by atoms with Gasteiger partial charge in [-0.05, 0) is 18.4 Å². The van der Waals surface area contributed by atoms with Gasteiger partial charge < -0.3 is 5.32 Å². The summed E-state index contributed by atoms with van der Waals surface area (Å²) >= 11 is 7.82. The van der Waals surface area contributed by atoms with Crippen LogP contribution in [-0.2, 0) is 5.41 Å². The third-order valence-corrected chi connectivity index (χ3v) is 3.59. The van der Waals surface area contributed by atoms with Gasteiger partial charge in [0.25, 0.3) is 0 Å². The second-order valence-corrected chi connectivity index (χ2v) is 6.34. The van der Waals surface area contributed by atoms with E-state index in [1.807, 2.05) is 23.8 Å². The third-order valence-electron chi connectivity index (χ3n) is 2.54. The maximum Gasteiger partial charge on any atom is 0.138 e. The van der Waals surface area contributed by atoms with Gasteiger partial charge in [-0.2, -0.15) is 11.3 Å². The van der Waals surface area contributed by atoms with Crippen molar-refractivity contribution < 1.29 is 0 Å². The molecule has 3 nitrogen and oxygen atoms in total. The standard InChI is InChI=1S/C13H16ClN3S/c1-8-10(14)16-12(13(2,3)4)17-11(8)15-9-5-6-18-7-9/h5-7H,1-4H3,(H,15,16,17). The summed E-state index contributed by atoms with van der Waals surface area (Å²) in [5, 5.41) is 7.84. The van der Waals surface area contributed by atoms with Crippen LogP contribution < -0.4 is 5.32 Å². The van der Waals surface area contributed by atoms with Crippen molar-refractivity contribution in [2.24, 2.45) is 0 Å². The maximum atomic E-state index is 6.18. The van der Waals surface area contributed by atoms with Crippen LogP contribution in [0.1, 0.15) is 32.2 Å². The van der Waals surface area contributed by atoms with Crippen LogP contribution in [-0.4, -0.2) is 9.97 Å². The van der Waals surface area contributed by atoms with Gasteiger partial charge in [-0.1, -0.05) is 32.4 Å². The molecule has 0 spiro atoms. The quantitative estimate of drug-likeness (QED) is 0.821. The van der Waals surface area contributed by atoms with Gasteiger partial charge in [0, 0.05) is 16.4 Å². The summed E-state index contributed by atoms with van der Waals surface area (Å²) in [6.45, 7) is 8.14. The van der Waals surface area contributed by atoms with Gasteiger partial charge in [0.05, 0.1) is 5.69 Å². The number of rotatable bonds is 2. The Labute approximate surface area is 116 Å². The van der Waals surface area contributed by atoms with E-state index >= 15 is 0 Å². The number of anilines is 2. The van der Waals surface area contributed by atoms with Crippen LogP contribution in [0, 0.1) is 6.92 Å². The highest BCUT2D eigenvalue weighted by atomic mass is 35.5. The van der Waals surface area contributed by atoms with Gasteiger partial charge in [-0.3, -0.25) is 0 Å². The molecule has 18 heavy (non-hydrogen) atoms. The smallest absolute Gasteiger partial charge is 0.138 e. The first-order valence-corrected chi connectivity index (χ1v) is 7.04. The number of hydrogen-bond donors (Lipinski definition) is 1. The number of nitrogens with one attached hydrogen (secondary N) is 1. The molecule has 96 valence electrons. The number of thiophene rings is 1. The molecule has 0 saturated carbocycles. The average Bonchev–Trinajstić information content (AvgIpc) is 2.75. The molecule has 0 bridgehead atoms. The SMILES string of the molecule is Cc1c(Cl)nc(C(C)(C)C)nc1Nc1ccsc1. The van der Waals surface area contributed by atoms with Gasteiger partial charge in [0.2, 0.25) is 0 Å². The Hall–Kier alpha value is -1.13. The summed E-state index contributed by atoms with van der Waals surface area (Å²) in [6, 6.07) is 2.01. The van der Waals surface area contributed by atoms with E-state index < -0.39 is 0 Å². The number of nitrogens with zero attached hydrogens (tertiary/aromatic N) is 2. The Morgan fingerprint density at radius 3 is 2.56 bits per heavy atom. The molecule has 5 heteroatoms. The minimum Gasteiger partial charge on any atom is -0.339 e. The zero-order chi connectivity index (χ0) is 13.3. The van der Waals surface area contributed by atoms with Gasteiger partial charge in [0.15, 0.2) is 0 Å². The Bertz CT molecular complexity index is 544. The van der Waals surface area contributed by atoms with E-state index in [0.717, 1.165) is 22.9 Å². The molecule has 0 atom stereocenters. The zero-order valence-corrected chi connectivity index (χ0v) is 12.5. The lowest BCUT2D eigenvalue weighted by Gasteiger charge is -2.19. The summed E-state index contributed by atoms with van der Waals surface area (Å²) < 4.78 is 0. The predicted molar refractivity (Wildman–Crippen MR) is 78.1 cm³/mol. The molecule has 0 unspecified atom stereocenters. The first kappa shape index (κ1) is 13.3. The molecule has 2 aromatic heterocycles. The number of halogens is 1. The number of aromatic nitrogens is 2. The van der Waals surface area contributed by atoms with Crippen molar-refractivity contribution in [2.45, 2.75) is 33.1 Å². The Balaban J connectivity index is 2.43. The van der Waals surface area contributed by atoms with E-state index in [2.05, 4.69) is 36.1 Å². The Morgan fingerprint density at radius 2 is 2.00 bits per heavy atom. The molecule has 0 aliphatic heterocycles. The van der Waals surface area contributed by atoms with Crippen LogP contribution in [0.4, 0.5) is 11.5 Å². The monoisotopic (exact) mass is 281 g/mol. The topological polar surface area (TPSA) is 37.8 Å². The molecule has 0 aromatic carbocycles. The second-order valence-electron chi connectivity index (χ2n) is 5.20. The molecule has 2 rings (SSSR count). The van der Waals surface area contributed by atoms with Crippen molar-refractivity contribution in [2.75, 3.05) is 5.32 Å². The lowest BCUT2D eigenvalue weighted by Crippen LogP contribution is -2.17. The average molecular weight is 282 g/mol. The molecular formula is C13H16ClN3S. The Kier molecular flexibility index (Phi) is 3.59.